The summed E-state index contributed by atoms with van der Waals surface area (Å²) in [5.74, 6) is -2.28. The normalized spacial score (nSPS) is 13.4. The lowest BCUT2D eigenvalue weighted by Crippen LogP contribution is -2.41. The SMILES string of the molecule is CCOc1c(F)cc([C@](Cl)(COCc2cccc(Oc3ccccc3)c2)C(F)(F)F)cc1F. The molecule has 1 atom stereocenters. The summed E-state index contributed by atoms with van der Waals surface area (Å²) in [6.45, 7) is 0.115. The quantitative estimate of drug-likeness (QED) is 0.233. The van der Waals surface area contributed by atoms with Crippen molar-refractivity contribution < 1.29 is 36.2 Å². The molecular formula is C24H20ClF5O3. The summed E-state index contributed by atoms with van der Waals surface area (Å²) in [6.07, 6.45) is -5.06. The predicted molar refractivity (Wildman–Crippen MR) is 114 cm³/mol. The monoisotopic (exact) mass is 486 g/mol. The van der Waals surface area contributed by atoms with E-state index in [1.165, 1.54) is 6.92 Å². The van der Waals surface area contributed by atoms with Crippen LogP contribution >= 0.6 is 11.6 Å². The van der Waals surface area contributed by atoms with Crippen LogP contribution < -0.4 is 9.47 Å². The minimum absolute atomic E-state index is 0.0609. The lowest BCUT2D eigenvalue weighted by molar-refractivity contribution is -0.179. The molecule has 0 aliphatic carbocycles. The molecule has 3 aromatic carbocycles. The highest BCUT2D eigenvalue weighted by Crippen LogP contribution is 2.46. The molecular weight excluding hydrogens is 467 g/mol. The molecule has 0 aromatic heterocycles. The van der Waals surface area contributed by atoms with E-state index in [-0.39, 0.29) is 13.2 Å². The lowest BCUT2D eigenvalue weighted by atomic mass is 9.97. The minimum atomic E-state index is -5.06. The fraction of sp³-hybridized carbons (Fsp3) is 0.250. The Kier molecular flexibility index (Phi) is 7.81. The van der Waals surface area contributed by atoms with Gasteiger partial charge in [0.25, 0.3) is 0 Å². The fourth-order valence-corrected chi connectivity index (χ4v) is 3.22. The summed E-state index contributed by atoms with van der Waals surface area (Å²) in [6, 6.07) is 16.5. The zero-order chi connectivity index (χ0) is 24.1. The van der Waals surface area contributed by atoms with Crippen LogP contribution in [0.15, 0.2) is 66.7 Å². The molecule has 3 aromatic rings. The topological polar surface area (TPSA) is 27.7 Å². The second-order valence-electron chi connectivity index (χ2n) is 7.06. The van der Waals surface area contributed by atoms with Crippen LogP contribution in [0.5, 0.6) is 17.2 Å². The Labute approximate surface area is 192 Å². The van der Waals surface area contributed by atoms with Gasteiger partial charge in [-0.2, -0.15) is 13.2 Å². The predicted octanol–water partition coefficient (Wildman–Crippen LogP) is 7.37. The average Bonchev–Trinajstić information content (AvgIpc) is 2.76. The van der Waals surface area contributed by atoms with Crippen LogP contribution in [0.1, 0.15) is 18.1 Å². The molecule has 0 aliphatic heterocycles. The van der Waals surface area contributed by atoms with Gasteiger partial charge in [-0.3, -0.25) is 0 Å². The number of alkyl halides is 4. The lowest BCUT2D eigenvalue weighted by Gasteiger charge is -2.30. The highest BCUT2D eigenvalue weighted by atomic mass is 35.5. The van der Waals surface area contributed by atoms with Gasteiger partial charge in [0.05, 0.1) is 19.8 Å². The van der Waals surface area contributed by atoms with E-state index in [0.717, 1.165) is 0 Å². The number of hydrogen-bond acceptors (Lipinski definition) is 3. The molecule has 3 nitrogen and oxygen atoms in total. The van der Waals surface area contributed by atoms with Crippen LogP contribution in [0, 0.1) is 11.6 Å². The van der Waals surface area contributed by atoms with E-state index in [1.54, 1.807) is 48.5 Å². The largest absolute Gasteiger partial charge is 0.488 e. The van der Waals surface area contributed by atoms with Gasteiger partial charge < -0.3 is 14.2 Å². The first kappa shape index (κ1) is 24.8. The van der Waals surface area contributed by atoms with Crippen molar-refractivity contribution in [2.24, 2.45) is 0 Å². The van der Waals surface area contributed by atoms with Crippen molar-refractivity contribution in [2.45, 2.75) is 24.6 Å². The Morgan fingerprint density at radius 2 is 1.48 bits per heavy atom. The average molecular weight is 487 g/mol. The number of para-hydroxylation sites is 1. The third-order valence-corrected chi connectivity index (χ3v) is 5.18. The molecule has 0 N–H and O–H groups in total. The summed E-state index contributed by atoms with van der Waals surface area (Å²) >= 11 is 5.87. The number of rotatable bonds is 9. The molecule has 176 valence electrons. The second-order valence-corrected chi connectivity index (χ2v) is 7.70. The van der Waals surface area contributed by atoms with E-state index < -0.39 is 40.6 Å². The zero-order valence-electron chi connectivity index (χ0n) is 17.5. The standard InChI is InChI=1S/C24H20ClF5O3/c1-2-32-22-20(26)12-17(13-21(22)27)23(25,24(28,29)30)15-31-14-16-7-6-10-19(11-16)33-18-8-4-3-5-9-18/h3-13H,2,14-15H2,1H3/t23-/m1/s1. The van der Waals surface area contributed by atoms with Gasteiger partial charge in [0.1, 0.15) is 11.5 Å². The summed E-state index contributed by atoms with van der Waals surface area (Å²) in [7, 11) is 0. The number of hydrogen-bond donors (Lipinski definition) is 0. The third-order valence-electron chi connectivity index (χ3n) is 4.64. The molecule has 0 heterocycles. The Morgan fingerprint density at radius 1 is 0.848 bits per heavy atom. The van der Waals surface area contributed by atoms with E-state index in [0.29, 0.717) is 29.2 Å². The number of ether oxygens (including phenoxy) is 3. The van der Waals surface area contributed by atoms with Crippen molar-refractivity contribution in [3.8, 4) is 17.2 Å². The van der Waals surface area contributed by atoms with E-state index in [9.17, 15) is 22.0 Å². The molecule has 0 saturated heterocycles. The maximum Gasteiger partial charge on any atom is 0.413 e. The minimum Gasteiger partial charge on any atom is -0.488 e. The highest BCUT2D eigenvalue weighted by Gasteiger charge is 2.55. The molecule has 0 bridgehead atoms. The van der Waals surface area contributed by atoms with Crippen molar-refractivity contribution in [1.82, 2.24) is 0 Å². The van der Waals surface area contributed by atoms with E-state index in [4.69, 9.17) is 25.8 Å². The van der Waals surface area contributed by atoms with Crippen molar-refractivity contribution in [1.29, 1.82) is 0 Å². The fourth-order valence-electron chi connectivity index (χ4n) is 3.03. The van der Waals surface area contributed by atoms with Gasteiger partial charge in [-0.1, -0.05) is 30.3 Å². The summed E-state index contributed by atoms with van der Waals surface area (Å²) in [4.78, 5) is -3.17. The molecule has 0 aliphatic rings. The van der Waals surface area contributed by atoms with E-state index in [1.807, 2.05) is 6.07 Å². The molecule has 0 fully saturated rings. The van der Waals surface area contributed by atoms with Gasteiger partial charge >= 0.3 is 6.18 Å². The van der Waals surface area contributed by atoms with Gasteiger partial charge in [-0.25, -0.2) is 8.78 Å². The molecule has 0 spiro atoms. The Balaban J connectivity index is 1.75. The maximum absolute atomic E-state index is 14.2. The second kappa shape index (κ2) is 10.4. The first-order valence-corrected chi connectivity index (χ1v) is 10.3. The van der Waals surface area contributed by atoms with Gasteiger partial charge in [-0.15, -0.1) is 11.6 Å². The first-order valence-electron chi connectivity index (χ1n) is 9.91. The van der Waals surface area contributed by atoms with Crippen LogP contribution in [0.3, 0.4) is 0 Å². The van der Waals surface area contributed by atoms with E-state index in [2.05, 4.69) is 0 Å². The molecule has 0 saturated carbocycles. The molecule has 33 heavy (non-hydrogen) atoms. The smallest absolute Gasteiger partial charge is 0.413 e. The van der Waals surface area contributed by atoms with Gasteiger partial charge in [-0.05, 0) is 54.4 Å². The van der Waals surface area contributed by atoms with Crippen molar-refractivity contribution in [3.63, 3.8) is 0 Å². The molecule has 0 radical (unpaired) electrons. The van der Waals surface area contributed by atoms with Crippen LogP contribution in [-0.2, 0) is 16.2 Å². The van der Waals surface area contributed by atoms with Crippen LogP contribution in [-0.4, -0.2) is 19.4 Å². The summed E-state index contributed by atoms with van der Waals surface area (Å²) < 4.78 is 85.6. The summed E-state index contributed by atoms with van der Waals surface area (Å²) in [5, 5.41) is 0. The van der Waals surface area contributed by atoms with Crippen molar-refractivity contribution >= 4 is 11.6 Å². The maximum atomic E-state index is 14.2. The third kappa shape index (κ3) is 5.94. The zero-order valence-corrected chi connectivity index (χ0v) is 18.2. The number of halogens is 6. The molecule has 3 rings (SSSR count). The Morgan fingerprint density at radius 3 is 2.09 bits per heavy atom. The van der Waals surface area contributed by atoms with Gasteiger partial charge in [0, 0.05) is 0 Å². The highest BCUT2D eigenvalue weighted by molar-refractivity contribution is 6.24. The van der Waals surface area contributed by atoms with Gasteiger partial charge in [0.15, 0.2) is 22.3 Å². The first-order chi connectivity index (χ1) is 15.6. The van der Waals surface area contributed by atoms with E-state index >= 15 is 0 Å². The molecule has 0 unspecified atom stereocenters. The van der Waals surface area contributed by atoms with Crippen LogP contribution in [0.2, 0.25) is 0 Å². The molecule has 0 amide bonds. The van der Waals surface area contributed by atoms with Gasteiger partial charge in [0.2, 0.25) is 0 Å². The van der Waals surface area contributed by atoms with Crippen molar-refractivity contribution in [2.75, 3.05) is 13.2 Å². The Hall–Kier alpha value is -2.84. The van der Waals surface area contributed by atoms with Crippen molar-refractivity contribution in [3.05, 3.63) is 89.5 Å². The van der Waals surface area contributed by atoms with Crippen LogP contribution in [0.4, 0.5) is 22.0 Å². The van der Waals surface area contributed by atoms with Crippen LogP contribution in [0.25, 0.3) is 0 Å². The molecule has 9 heteroatoms. The Bertz CT molecular complexity index is 1050. The number of benzene rings is 3. The summed E-state index contributed by atoms with van der Waals surface area (Å²) in [5.41, 5.74) is -0.301.